The van der Waals surface area contributed by atoms with Gasteiger partial charge in [0.25, 0.3) is 0 Å². The molecule has 1 amide bonds. The van der Waals surface area contributed by atoms with E-state index < -0.39 is 0 Å². The van der Waals surface area contributed by atoms with Gasteiger partial charge in [-0.3, -0.25) is 4.79 Å². The Balaban J connectivity index is 2.59. The van der Waals surface area contributed by atoms with E-state index in [1.165, 1.54) is 0 Å². The van der Waals surface area contributed by atoms with Crippen molar-refractivity contribution in [3.05, 3.63) is 29.8 Å². The van der Waals surface area contributed by atoms with Crippen LogP contribution in [-0.2, 0) is 11.2 Å². The highest BCUT2D eigenvalue weighted by Crippen LogP contribution is 2.17. The first-order valence-electron chi connectivity index (χ1n) is 6.05. The second-order valence-corrected chi connectivity index (χ2v) is 5.12. The number of halogens is 1. The average molecular weight is 314 g/mol. The van der Waals surface area contributed by atoms with Crippen LogP contribution in [0.4, 0.5) is 0 Å². The van der Waals surface area contributed by atoms with Gasteiger partial charge in [-0.25, -0.2) is 0 Å². The van der Waals surface area contributed by atoms with Gasteiger partial charge in [0.05, 0.1) is 13.5 Å². The maximum absolute atomic E-state index is 11.9. The summed E-state index contributed by atoms with van der Waals surface area (Å²) in [7, 11) is 1.62. The maximum atomic E-state index is 11.9. The van der Waals surface area contributed by atoms with Crippen LogP contribution < -0.4 is 10.1 Å². The van der Waals surface area contributed by atoms with Crippen LogP contribution in [0.5, 0.6) is 5.75 Å². The Labute approximate surface area is 117 Å². The van der Waals surface area contributed by atoms with Gasteiger partial charge in [-0.15, -0.1) is 0 Å². The minimum atomic E-state index is 0.0276. The van der Waals surface area contributed by atoms with Gasteiger partial charge in [-0.05, 0) is 18.9 Å². The first-order chi connectivity index (χ1) is 8.58. The van der Waals surface area contributed by atoms with Gasteiger partial charge in [-0.2, -0.15) is 0 Å². The van der Waals surface area contributed by atoms with Crippen LogP contribution in [0.1, 0.15) is 19.4 Å². The van der Waals surface area contributed by atoms with Crippen LogP contribution >= 0.6 is 15.9 Å². The normalized spacial score (nSPS) is 13.8. The number of hydrogen-bond acceptors (Lipinski definition) is 2. The minimum Gasteiger partial charge on any atom is -0.496 e. The van der Waals surface area contributed by atoms with Crippen molar-refractivity contribution in [3.8, 4) is 5.75 Å². The van der Waals surface area contributed by atoms with E-state index in [9.17, 15) is 4.79 Å². The molecule has 0 heterocycles. The van der Waals surface area contributed by atoms with E-state index in [-0.39, 0.29) is 11.9 Å². The molecule has 18 heavy (non-hydrogen) atoms. The minimum absolute atomic E-state index is 0.0276. The van der Waals surface area contributed by atoms with E-state index in [4.69, 9.17) is 4.74 Å². The van der Waals surface area contributed by atoms with Gasteiger partial charge in [-0.1, -0.05) is 41.1 Å². The third kappa shape index (κ3) is 4.33. The largest absolute Gasteiger partial charge is 0.496 e. The lowest BCUT2D eigenvalue weighted by Crippen LogP contribution is -2.38. The van der Waals surface area contributed by atoms with Crippen molar-refractivity contribution in [2.45, 2.75) is 26.3 Å². The summed E-state index contributed by atoms with van der Waals surface area (Å²) in [5.74, 6) is 1.19. The molecule has 0 aliphatic heterocycles. The second kappa shape index (κ2) is 7.41. The van der Waals surface area contributed by atoms with Crippen molar-refractivity contribution in [1.82, 2.24) is 5.32 Å². The Morgan fingerprint density at radius 3 is 2.67 bits per heavy atom. The zero-order valence-corrected chi connectivity index (χ0v) is 12.7. The Morgan fingerprint density at radius 2 is 2.06 bits per heavy atom. The summed E-state index contributed by atoms with van der Waals surface area (Å²) in [4.78, 5) is 11.9. The fourth-order valence-electron chi connectivity index (χ4n) is 1.60. The van der Waals surface area contributed by atoms with E-state index in [1.54, 1.807) is 7.11 Å². The summed E-state index contributed by atoms with van der Waals surface area (Å²) in [6, 6.07) is 7.75. The molecular formula is C14H20BrNO2. The lowest BCUT2D eigenvalue weighted by molar-refractivity contribution is -0.121. The first kappa shape index (κ1) is 15.0. The molecule has 1 aromatic carbocycles. The first-order valence-corrected chi connectivity index (χ1v) is 7.17. The number of alkyl halides is 1. The third-order valence-corrected chi connectivity index (χ3v) is 4.05. The van der Waals surface area contributed by atoms with Crippen molar-refractivity contribution in [3.63, 3.8) is 0 Å². The summed E-state index contributed by atoms with van der Waals surface area (Å²) >= 11 is 3.42. The molecule has 2 unspecified atom stereocenters. The van der Waals surface area contributed by atoms with Crippen molar-refractivity contribution >= 4 is 21.8 Å². The number of hydrogen-bond donors (Lipinski definition) is 1. The van der Waals surface area contributed by atoms with Gasteiger partial charge in [0.1, 0.15) is 5.75 Å². The number of ether oxygens (including phenoxy) is 1. The van der Waals surface area contributed by atoms with Gasteiger partial charge < -0.3 is 10.1 Å². The lowest BCUT2D eigenvalue weighted by Gasteiger charge is -2.19. The lowest BCUT2D eigenvalue weighted by atomic mass is 10.1. The number of carbonyl (C=O) groups excluding carboxylic acids is 1. The zero-order chi connectivity index (χ0) is 13.5. The topological polar surface area (TPSA) is 38.3 Å². The molecule has 0 aromatic heterocycles. The van der Waals surface area contributed by atoms with Crippen LogP contribution in [0.3, 0.4) is 0 Å². The van der Waals surface area contributed by atoms with Crippen LogP contribution in [0.25, 0.3) is 0 Å². The van der Waals surface area contributed by atoms with Gasteiger partial charge in [0.2, 0.25) is 5.91 Å². The van der Waals surface area contributed by atoms with Crippen molar-refractivity contribution in [2.75, 3.05) is 12.4 Å². The molecule has 4 heteroatoms. The van der Waals surface area contributed by atoms with Crippen molar-refractivity contribution in [1.29, 1.82) is 0 Å². The van der Waals surface area contributed by atoms with E-state index >= 15 is 0 Å². The molecule has 0 spiro atoms. The summed E-state index contributed by atoms with van der Waals surface area (Å²) in [5.41, 5.74) is 0.913. The number of methoxy groups -OCH3 is 1. The molecule has 1 N–H and O–H groups in total. The second-order valence-electron chi connectivity index (χ2n) is 4.48. The average Bonchev–Trinajstić information content (AvgIpc) is 2.38. The molecule has 2 atom stereocenters. The smallest absolute Gasteiger partial charge is 0.224 e. The number of amides is 1. The summed E-state index contributed by atoms with van der Waals surface area (Å²) < 4.78 is 5.23. The van der Waals surface area contributed by atoms with Gasteiger partial charge in [0.15, 0.2) is 0 Å². The van der Waals surface area contributed by atoms with Crippen LogP contribution in [-0.4, -0.2) is 24.4 Å². The molecule has 0 saturated heterocycles. The van der Waals surface area contributed by atoms with E-state index in [2.05, 4.69) is 28.2 Å². The molecule has 0 fully saturated rings. The monoisotopic (exact) mass is 313 g/mol. The molecule has 1 rings (SSSR count). The zero-order valence-electron chi connectivity index (χ0n) is 11.1. The predicted octanol–water partition coefficient (Wildman–Crippen LogP) is 2.77. The number of rotatable bonds is 6. The van der Waals surface area contributed by atoms with Gasteiger partial charge in [0, 0.05) is 16.9 Å². The Kier molecular flexibility index (Phi) is 6.19. The highest BCUT2D eigenvalue weighted by molar-refractivity contribution is 9.09. The predicted molar refractivity (Wildman–Crippen MR) is 77.3 cm³/mol. The molecule has 0 saturated carbocycles. The van der Waals surface area contributed by atoms with Crippen molar-refractivity contribution < 1.29 is 9.53 Å². The number of para-hydroxylation sites is 1. The molecule has 0 aliphatic carbocycles. The maximum Gasteiger partial charge on any atom is 0.224 e. The molecule has 0 bridgehead atoms. The van der Waals surface area contributed by atoms with Gasteiger partial charge >= 0.3 is 0 Å². The molecule has 100 valence electrons. The summed E-state index contributed by atoms with van der Waals surface area (Å²) in [6.07, 6.45) is 0.351. The standard InChI is InChI=1S/C14H20BrNO2/c1-10(9-15)11(2)16-14(17)8-12-6-4-5-7-13(12)18-3/h4-7,10-11H,8-9H2,1-3H3,(H,16,17). The highest BCUT2D eigenvalue weighted by Gasteiger charge is 2.15. The molecular weight excluding hydrogens is 294 g/mol. The summed E-state index contributed by atoms with van der Waals surface area (Å²) in [5, 5.41) is 3.88. The molecule has 0 radical (unpaired) electrons. The van der Waals surface area contributed by atoms with Crippen LogP contribution in [0, 0.1) is 5.92 Å². The van der Waals surface area contributed by atoms with Crippen LogP contribution in [0.15, 0.2) is 24.3 Å². The SMILES string of the molecule is COc1ccccc1CC(=O)NC(C)C(C)CBr. The van der Waals surface area contributed by atoms with E-state index in [0.717, 1.165) is 16.6 Å². The molecule has 0 aliphatic rings. The van der Waals surface area contributed by atoms with Crippen molar-refractivity contribution in [2.24, 2.45) is 5.92 Å². The fraction of sp³-hybridized carbons (Fsp3) is 0.500. The molecule has 1 aromatic rings. The fourth-order valence-corrected chi connectivity index (χ4v) is 2.16. The van der Waals surface area contributed by atoms with E-state index in [0.29, 0.717) is 12.3 Å². The van der Waals surface area contributed by atoms with E-state index in [1.807, 2.05) is 31.2 Å². The quantitative estimate of drug-likeness (QED) is 0.820. The molecule has 3 nitrogen and oxygen atoms in total. The Bertz CT molecular complexity index is 395. The Hall–Kier alpha value is -1.03. The summed E-state index contributed by atoms with van der Waals surface area (Å²) in [6.45, 7) is 4.12. The third-order valence-electron chi connectivity index (χ3n) is 3.03. The van der Waals surface area contributed by atoms with Crippen LogP contribution in [0.2, 0.25) is 0 Å². The Morgan fingerprint density at radius 1 is 1.39 bits per heavy atom. The highest BCUT2D eigenvalue weighted by atomic mass is 79.9. The number of benzene rings is 1. The number of nitrogens with one attached hydrogen (secondary N) is 1. The number of carbonyl (C=O) groups is 1.